The number of aromatic nitrogens is 2. The monoisotopic (exact) mass is 229 g/mol. The molecule has 3 N–H and O–H groups in total. The molecular weight excluding hydrogens is 214 g/mol. The number of para-hydroxylation sites is 1. The Labute approximate surface area is 98.9 Å². The number of rotatable bonds is 2. The average Bonchev–Trinajstić information content (AvgIpc) is 2.28. The molecule has 0 unspecified atom stereocenters. The molecule has 1 fully saturated rings. The molecule has 1 aliphatic rings. The van der Waals surface area contributed by atoms with Crippen LogP contribution in [0.15, 0.2) is 29.1 Å². The fourth-order valence-corrected chi connectivity index (χ4v) is 2.48. The van der Waals surface area contributed by atoms with Gasteiger partial charge in [-0.3, -0.25) is 4.79 Å². The lowest BCUT2D eigenvalue weighted by Gasteiger charge is -2.39. The van der Waals surface area contributed by atoms with Crippen LogP contribution in [0.1, 0.15) is 25.1 Å². The first-order valence-corrected chi connectivity index (χ1v) is 5.95. The van der Waals surface area contributed by atoms with E-state index in [0.29, 0.717) is 11.9 Å². The van der Waals surface area contributed by atoms with Gasteiger partial charge in [-0.05, 0) is 25.0 Å². The van der Waals surface area contributed by atoms with E-state index < -0.39 is 0 Å². The summed E-state index contributed by atoms with van der Waals surface area (Å²) in [4.78, 5) is 19.4. The molecule has 0 atom stereocenters. The normalized spacial score (nSPS) is 17.9. The second-order valence-electron chi connectivity index (χ2n) is 4.77. The highest BCUT2D eigenvalue weighted by Crippen LogP contribution is 2.40. The largest absolute Gasteiger partial charge is 0.329 e. The maximum absolute atomic E-state index is 12.0. The first-order valence-electron chi connectivity index (χ1n) is 5.95. The van der Waals surface area contributed by atoms with Gasteiger partial charge in [0.15, 0.2) is 0 Å². The zero-order chi connectivity index (χ0) is 11.9. The highest BCUT2D eigenvalue weighted by Gasteiger charge is 2.39. The van der Waals surface area contributed by atoms with Gasteiger partial charge in [-0.1, -0.05) is 18.6 Å². The summed E-state index contributed by atoms with van der Waals surface area (Å²) < 4.78 is 0. The van der Waals surface area contributed by atoms with Crippen LogP contribution in [-0.4, -0.2) is 16.5 Å². The maximum Gasteiger partial charge on any atom is 0.258 e. The van der Waals surface area contributed by atoms with Crippen LogP contribution < -0.4 is 11.3 Å². The van der Waals surface area contributed by atoms with Crippen LogP contribution in [0.2, 0.25) is 0 Å². The van der Waals surface area contributed by atoms with E-state index in [2.05, 4.69) is 9.97 Å². The van der Waals surface area contributed by atoms with E-state index in [9.17, 15) is 4.79 Å². The number of hydrogen-bond acceptors (Lipinski definition) is 3. The third kappa shape index (κ3) is 1.48. The molecule has 1 aliphatic carbocycles. The maximum atomic E-state index is 12.0. The molecule has 4 heteroatoms. The SMILES string of the molecule is NCC1(c2nc3ccccc3c(=O)[nH]2)CCC1. The topological polar surface area (TPSA) is 71.8 Å². The number of benzene rings is 1. The van der Waals surface area contributed by atoms with Gasteiger partial charge in [0.05, 0.1) is 10.9 Å². The molecule has 1 saturated carbocycles. The number of aromatic amines is 1. The van der Waals surface area contributed by atoms with E-state index in [1.807, 2.05) is 18.2 Å². The summed E-state index contributed by atoms with van der Waals surface area (Å²) in [6.07, 6.45) is 3.20. The summed E-state index contributed by atoms with van der Waals surface area (Å²) in [5, 5.41) is 0.641. The Hall–Kier alpha value is -1.68. The average molecular weight is 229 g/mol. The zero-order valence-electron chi connectivity index (χ0n) is 9.57. The fraction of sp³-hybridized carbons (Fsp3) is 0.385. The third-order valence-electron chi connectivity index (χ3n) is 3.82. The lowest BCUT2D eigenvalue weighted by Crippen LogP contribution is -2.44. The molecule has 0 amide bonds. The van der Waals surface area contributed by atoms with Gasteiger partial charge in [-0.25, -0.2) is 4.98 Å². The van der Waals surface area contributed by atoms with E-state index in [4.69, 9.17) is 5.73 Å². The molecule has 2 aromatic rings. The molecule has 4 nitrogen and oxygen atoms in total. The molecule has 1 aromatic heterocycles. The van der Waals surface area contributed by atoms with E-state index in [1.165, 1.54) is 0 Å². The van der Waals surface area contributed by atoms with E-state index in [0.717, 1.165) is 30.6 Å². The van der Waals surface area contributed by atoms with Crippen LogP contribution in [0, 0.1) is 0 Å². The molecule has 3 rings (SSSR count). The second-order valence-corrected chi connectivity index (χ2v) is 4.77. The van der Waals surface area contributed by atoms with Crippen LogP contribution >= 0.6 is 0 Å². The van der Waals surface area contributed by atoms with Crippen molar-refractivity contribution in [1.29, 1.82) is 0 Å². The molecule has 17 heavy (non-hydrogen) atoms. The summed E-state index contributed by atoms with van der Waals surface area (Å²) in [6.45, 7) is 0.550. The Morgan fingerprint density at radius 2 is 2.12 bits per heavy atom. The Kier molecular flexibility index (Phi) is 2.26. The number of nitrogens with zero attached hydrogens (tertiary/aromatic N) is 1. The fourth-order valence-electron chi connectivity index (χ4n) is 2.48. The summed E-state index contributed by atoms with van der Waals surface area (Å²) in [6, 6.07) is 7.41. The molecular formula is C13H15N3O. The van der Waals surface area contributed by atoms with Crippen LogP contribution in [0.25, 0.3) is 10.9 Å². The van der Waals surface area contributed by atoms with Gasteiger partial charge in [0, 0.05) is 12.0 Å². The lowest BCUT2D eigenvalue weighted by atomic mass is 9.68. The number of nitrogens with two attached hydrogens (primary N) is 1. The minimum absolute atomic E-state index is 0.0645. The standard InChI is InChI=1S/C13H15N3O/c14-8-13(6-3-7-13)12-15-10-5-2-1-4-9(10)11(17)16-12/h1-2,4-5H,3,6-8,14H2,(H,15,16,17). The van der Waals surface area contributed by atoms with Crippen molar-refractivity contribution >= 4 is 10.9 Å². The van der Waals surface area contributed by atoms with Gasteiger partial charge in [0.25, 0.3) is 5.56 Å². The summed E-state index contributed by atoms with van der Waals surface area (Å²) >= 11 is 0. The van der Waals surface area contributed by atoms with Crippen LogP contribution in [0.4, 0.5) is 0 Å². The first kappa shape index (κ1) is 10.5. The minimum atomic E-state index is -0.0941. The Balaban J connectivity index is 2.22. The molecule has 1 aromatic carbocycles. The number of nitrogens with one attached hydrogen (secondary N) is 1. The van der Waals surface area contributed by atoms with Gasteiger partial charge in [0.2, 0.25) is 0 Å². The van der Waals surface area contributed by atoms with Gasteiger partial charge in [0.1, 0.15) is 5.82 Å². The van der Waals surface area contributed by atoms with Crippen molar-refractivity contribution in [3.05, 3.63) is 40.4 Å². The number of H-pyrrole nitrogens is 1. The molecule has 0 bridgehead atoms. The molecule has 0 saturated heterocycles. The Bertz CT molecular complexity index is 608. The molecule has 1 heterocycles. The van der Waals surface area contributed by atoms with Crippen LogP contribution in [0.3, 0.4) is 0 Å². The highest BCUT2D eigenvalue weighted by atomic mass is 16.1. The van der Waals surface area contributed by atoms with Crippen molar-refractivity contribution in [2.75, 3.05) is 6.54 Å². The summed E-state index contributed by atoms with van der Waals surface area (Å²) in [5.74, 6) is 0.759. The molecule has 0 spiro atoms. The molecule has 0 radical (unpaired) electrons. The molecule has 88 valence electrons. The van der Waals surface area contributed by atoms with E-state index >= 15 is 0 Å². The van der Waals surface area contributed by atoms with Gasteiger partial charge in [-0.2, -0.15) is 0 Å². The quantitative estimate of drug-likeness (QED) is 0.815. The lowest BCUT2D eigenvalue weighted by molar-refractivity contribution is 0.238. The van der Waals surface area contributed by atoms with Crippen molar-refractivity contribution < 1.29 is 0 Å². The van der Waals surface area contributed by atoms with Gasteiger partial charge < -0.3 is 10.7 Å². The van der Waals surface area contributed by atoms with E-state index in [1.54, 1.807) is 6.07 Å². The van der Waals surface area contributed by atoms with Crippen molar-refractivity contribution in [2.45, 2.75) is 24.7 Å². The summed E-state index contributed by atoms with van der Waals surface area (Å²) in [7, 11) is 0. The van der Waals surface area contributed by atoms with Crippen LogP contribution in [0.5, 0.6) is 0 Å². The van der Waals surface area contributed by atoms with Crippen LogP contribution in [-0.2, 0) is 5.41 Å². The second kappa shape index (κ2) is 3.67. The Morgan fingerprint density at radius 1 is 1.35 bits per heavy atom. The van der Waals surface area contributed by atoms with Crippen molar-refractivity contribution in [1.82, 2.24) is 9.97 Å². The first-order chi connectivity index (χ1) is 8.25. The zero-order valence-corrected chi connectivity index (χ0v) is 9.57. The van der Waals surface area contributed by atoms with Gasteiger partial charge in [-0.15, -0.1) is 0 Å². The third-order valence-corrected chi connectivity index (χ3v) is 3.82. The predicted molar refractivity (Wildman–Crippen MR) is 66.9 cm³/mol. The van der Waals surface area contributed by atoms with Crippen molar-refractivity contribution in [3.63, 3.8) is 0 Å². The smallest absolute Gasteiger partial charge is 0.258 e. The molecule has 0 aliphatic heterocycles. The Morgan fingerprint density at radius 3 is 2.76 bits per heavy atom. The van der Waals surface area contributed by atoms with Gasteiger partial charge >= 0.3 is 0 Å². The number of hydrogen-bond donors (Lipinski definition) is 2. The van der Waals surface area contributed by atoms with Crippen molar-refractivity contribution in [2.24, 2.45) is 5.73 Å². The minimum Gasteiger partial charge on any atom is -0.329 e. The highest BCUT2D eigenvalue weighted by molar-refractivity contribution is 5.77. The number of fused-ring (bicyclic) bond motifs is 1. The predicted octanol–water partition coefficient (Wildman–Crippen LogP) is 1.30. The van der Waals surface area contributed by atoms with E-state index in [-0.39, 0.29) is 11.0 Å². The van der Waals surface area contributed by atoms with Crippen molar-refractivity contribution in [3.8, 4) is 0 Å². The summed E-state index contributed by atoms with van der Waals surface area (Å²) in [5.41, 5.74) is 6.43.